The summed E-state index contributed by atoms with van der Waals surface area (Å²) in [7, 11) is 0. The molecule has 54 heavy (non-hydrogen) atoms. The van der Waals surface area contributed by atoms with Crippen LogP contribution in [0.4, 0.5) is 8.78 Å². The number of aliphatic hydroxyl groups excluding tert-OH is 1. The number of unbranched alkanes of at least 4 members (excludes halogenated alkanes) is 3. The number of aryl methyl sites for hydroxylation is 1. The number of benzene rings is 2. The number of amides is 4. The van der Waals surface area contributed by atoms with Crippen molar-refractivity contribution >= 4 is 35.0 Å². The average molecular weight is 770 g/mol. The van der Waals surface area contributed by atoms with Crippen LogP contribution in [0, 0.1) is 24.0 Å². The number of hydrogen-bond acceptors (Lipinski definition) is 8. The maximum atomic E-state index is 15.0. The lowest BCUT2D eigenvalue weighted by Gasteiger charge is -2.35. The Labute approximate surface area is 320 Å². The van der Waals surface area contributed by atoms with Crippen LogP contribution in [0.15, 0.2) is 41.9 Å². The summed E-state index contributed by atoms with van der Waals surface area (Å²) >= 11 is 1.56. The van der Waals surface area contributed by atoms with Crippen LogP contribution in [0.25, 0.3) is 10.4 Å². The van der Waals surface area contributed by atoms with Gasteiger partial charge >= 0.3 is 0 Å². The highest BCUT2D eigenvalue weighted by atomic mass is 32.1. The van der Waals surface area contributed by atoms with Crippen LogP contribution in [-0.4, -0.2) is 70.0 Å². The first-order valence-electron chi connectivity index (χ1n) is 18.5. The predicted octanol–water partition coefficient (Wildman–Crippen LogP) is 5.90. The van der Waals surface area contributed by atoms with Crippen LogP contribution >= 0.6 is 11.3 Å². The number of carbonyl (C=O) groups is 4. The van der Waals surface area contributed by atoms with Gasteiger partial charge in [-0.25, -0.2) is 13.8 Å². The van der Waals surface area contributed by atoms with Gasteiger partial charge < -0.3 is 31.1 Å². The standard InChI is InChI=1S/C40H53F2N5O6S/c1-24(26-14-16-27(17-15-26)36-25(2)44-23-54-36)45-38(51)31-21-28(48)22-47(31)39(52)37(40(3,4)5)46-34(50)13-8-6-7-11-29-30(41)18-19-32(35(29)42)53-20-10-9-12-33(43)49/h14-19,23-24,28,31,37,48H,6-13,20-22H2,1-5H3,(H2,43,49)(H,45,51)(H,46,50)/t24-,28+,31-,37+/m0/s1. The zero-order chi connectivity index (χ0) is 39.6. The van der Waals surface area contributed by atoms with Gasteiger partial charge in [-0.3, -0.25) is 19.2 Å². The van der Waals surface area contributed by atoms with Crippen molar-refractivity contribution in [1.82, 2.24) is 20.5 Å². The molecule has 294 valence electrons. The molecule has 14 heteroatoms. The second kappa shape index (κ2) is 19.2. The molecular formula is C40H53F2N5O6S. The van der Waals surface area contributed by atoms with E-state index in [1.54, 1.807) is 16.8 Å². The zero-order valence-corrected chi connectivity index (χ0v) is 32.6. The number of thiazole rings is 1. The largest absolute Gasteiger partial charge is 0.491 e. The van der Waals surface area contributed by atoms with Crippen molar-refractivity contribution in [2.75, 3.05) is 13.2 Å². The number of likely N-dealkylation sites (tertiary alicyclic amines) is 1. The van der Waals surface area contributed by atoms with Crippen molar-refractivity contribution in [2.24, 2.45) is 11.1 Å². The van der Waals surface area contributed by atoms with Gasteiger partial charge in [0.1, 0.15) is 17.9 Å². The molecule has 1 aliphatic rings. The second-order valence-corrected chi connectivity index (χ2v) is 15.9. The minimum Gasteiger partial charge on any atom is -0.491 e. The number of aliphatic hydroxyl groups is 1. The summed E-state index contributed by atoms with van der Waals surface area (Å²) in [5, 5.41) is 16.4. The number of nitrogens with one attached hydrogen (secondary N) is 2. The summed E-state index contributed by atoms with van der Waals surface area (Å²) in [5.74, 6) is -3.13. The van der Waals surface area contributed by atoms with E-state index < -0.39 is 47.1 Å². The van der Waals surface area contributed by atoms with E-state index >= 15 is 0 Å². The molecule has 0 unspecified atom stereocenters. The summed E-state index contributed by atoms with van der Waals surface area (Å²) < 4.78 is 34.9. The van der Waals surface area contributed by atoms with Crippen LogP contribution in [0.2, 0.25) is 0 Å². The molecule has 2 heterocycles. The third-order valence-corrected chi connectivity index (χ3v) is 10.6. The van der Waals surface area contributed by atoms with Crippen molar-refractivity contribution in [3.63, 3.8) is 0 Å². The van der Waals surface area contributed by atoms with E-state index in [1.165, 1.54) is 11.0 Å². The smallest absolute Gasteiger partial charge is 0.246 e. The van der Waals surface area contributed by atoms with Crippen LogP contribution < -0.4 is 21.1 Å². The lowest BCUT2D eigenvalue weighted by atomic mass is 9.85. The van der Waals surface area contributed by atoms with E-state index in [0.717, 1.165) is 27.8 Å². The summed E-state index contributed by atoms with van der Waals surface area (Å²) in [4.78, 5) is 58.3. The molecule has 0 saturated carbocycles. The number of carbonyl (C=O) groups excluding carboxylic acids is 4. The monoisotopic (exact) mass is 769 g/mol. The van der Waals surface area contributed by atoms with Crippen molar-refractivity contribution in [3.05, 3.63) is 70.4 Å². The fraction of sp³-hybridized carbons (Fsp3) is 0.525. The molecular weight excluding hydrogens is 717 g/mol. The Balaban J connectivity index is 1.28. The summed E-state index contributed by atoms with van der Waals surface area (Å²) in [6.45, 7) is 9.40. The van der Waals surface area contributed by atoms with Gasteiger partial charge in [0.15, 0.2) is 11.6 Å². The quantitative estimate of drug-likeness (QED) is 0.117. The second-order valence-electron chi connectivity index (χ2n) is 15.1. The molecule has 1 saturated heterocycles. The molecule has 1 aromatic heterocycles. The molecule has 1 aliphatic heterocycles. The summed E-state index contributed by atoms with van der Waals surface area (Å²) in [5.41, 5.74) is 8.99. The minimum atomic E-state index is -0.965. The lowest BCUT2D eigenvalue weighted by Crippen LogP contribution is -2.57. The van der Waals surface area contributed by atoms with E-state index in [-0.39, 0.29) is 68.0 Å². The van der Waals surface area contributed by atoms with Crippen LogP contribution in [-0.2, 0) is 25.6 Å². The molecule has 5 N–H and O–H groups in total. The van der Waals surface area contributed by atoms with Gasteiger partial charge in [-0.1, -0.05) is 51.5 Å². The maximum absolute atomic E-state index is 15.0. The Kier molecular flexibility index (Phi) is 15.1. The number of aromatic nitrogens is 1. The van der Waals surface area contributed by atoms with Crippen molar-refractivity contribution < 1.29 is 37.8 Å². The predicted molar refractivity (Wildman–Crippen MR) is 203 cm³/mol. The Bertz CT molecular complexity index is 1760. The molecule has 0 radical (unpaired) electrons. The lowest BCUT2D eigenvalue weighted by molar-refractivity contribution is -0.144. The van der Waals surface area contributed by atoms with Gasteiger partial charge in [0.05, 0.1) is 34.8 Å². The van der Waals surface area contributed by atoms with Gasteiger partial charge in [0.25, 0.3) is 0 Å². The highest BCUT2D eigenvalue weighted by Gasteiger charge is 2.44. The summed E-state index contributed by atoms with van der Waals surface area (Å²) in [6, 6.07) is 8.02. The first-order valence-corrected chi connectivity index (χ1v) is 19.4. The summed E-state index contributed by atoms with van der Waals surface area (Å²) in [6.07, 6.45) is 1.94. The van der Waals surface area contributed by atoms with Gasteiger partial charge in [-0.2, -0.15) is 0 Å². The molecule has 0 bridgehead atoms. The van der Waals surface area contributed by atoms with E-state index in [1.807, 2.05) is 58.9 Å². The third kappa shape index (κ3) is 11.5. The number of nitrogens with zero attached hydrogens (tertiary/aromatic N) is 2. The van der Waals surface area contributed by atoms with E-state index in [2.05, 4.69) is 15.6 Å². The van der Waals surface area contributed by atoms with Gasteiger partial charge in [0, 0.05) is 31.4 Å². The Morgan fingerprint density at radius 3 is 2.37 bits per heavy atom. The highest BCUT2D eigenvalue weighted by Crippen LogP contribution is 2.30. The number of rotatable bonds is 18. The fourth-order valence-corrected chi connectivity index (χ4v) is 7.32. The van der Waals surface area contributed by atoms with Crippen molar-refractivity contribution in [1.29, 1.82) is 0 Å². The van der Waals surface area contributed by atoms with E-state index in [9.17, 15) is 33.1 Å². The molecule has 0 spiro atoms. The Morgan fingerprint density at radius 1 is 1.02 bits per heavy atom. The van der Waals surface area contributed by atoms with Crippen molar-refractivity contribution in [3.8, 4) is 16.2 Å². The molecule has 4 atom stereocenters. The van der Waals surface area contributed by atoms with Crippen LogP contribution in [0.1, 0.15) is 102 Å². The highest BCUT2D eigenvalue weighted by molar-refractivity contribution is 7.13. The SMILES string of the molecule is Cc1ncsc1-c1ccc([C@H](C)NC(=O)[C@@H]2C[C@@H](O)CN2C(=O)[C@@H](NC(=O)CCCCCc2c(F)ccc(OCCCCC(N)=O)c2F)C(C)(C)C)cc1. The van der Waals surface area contributed by atoms with E-state index in [4.69, 9.17) is 10.5 Å². The van der Waals surface area contributed by atoms with Gasteiger partial charge in [0.2, 0.25) is 23.6 Å². The number of halogens is 2. The molecule has 4 amide bonds. The number of nitrogens with two attached hydrogens (primary N) is 1. The van der Waals surface area contributed by atoms with Gasteiger partial charge in [-0.05, 0) is 74.6 Å². The number of β-amino-alcohol motifs (C(OH)–C–C–N with tert-alkyl or cyclic N) is 1. The Hall–Kier alpha value is -4.43. The average Bonchev–Trinajstić information content (AvgIpc) is 3.73. The van der Waals surface area contributed by atoms with Crippen molar-refractivity contribution in [2.45, 2.75) is 117 Å². The van der Waals surface area contributed by atoms with Crippen LogP contribution in [0.5, 0.6) is 5.75 Å². The zero-order valence-electron chi connectivity index (χ0n) is 31.8. The number of hydrogen-bond donors (Lipinski definition) is 4. The third-order valence-electron chi connectivity index (χ3n) is 9.62. The minimum absolute atomic E-state index is 0.0364. The molecule has 1 fully saturated rings. The van der Waals surface area contributed by atoms with E-state index in [0.29, 0.717) is 32.1 Å². The number of primary amides is 1. The first-order chi connectivity index (χ1) is 25.6. The molecule has 0 aliphatic carbocycles. The topological polar surface area (TPSA) is 164 Å². The molecule has 4 rings (SSSR count). The molecule has 3 aromatic rings. The van der Waals surface area contributed by atoms with Gasteiger partial charge in [-0.15, -0.1) is 11.3 Å². The molecule has 11 nitrogen and oxygen atoms in total. The van der Waals surface area contributed by atoms with Crippen LogP contribution in [0.3, 0.4) is 0 Å². The number of ether oxygens (including phenoxy) is 1. The maximum Gasteiger partial charge on any atom is 0.246 e. The fourth-order valence-electron chi connectivity index (χ4n) is 6.51. The normalized spacial score (nSPS) is 16.9. The Morgan fingerprint density at radius 2 is 1.72 bits per heavy atom. The molecule has 2 aromatic carbocycles. The first kappa shape index (κ1) is 42.3.